The van der Waals surface area contributed by atoms with Crippen molar-refractivity contribution in [3.8, 4) is 5.75 Å². The van der Waals surface area contributed by atoms with Crippen molar-refractivity contribution in [2.75, 3.05) is 13.7 Å². The molecule has 0 aliphatic heterocycles. The molecule has 1 aromatic heterocycles. The Hall–Kier alpha value is -2.41. The fourth-order valence-corrected chi connectivity index (χ4v) is 8.16. The third-order valence-corrected chi connectivity index (χ3v) is 9.35. The van der Waals surface area contributed by atoms with Crippen LogP contribution in [-0.4, -0.2) is 40.1 Å². The Morgan fingerprint density at radius 2 is 1.83 bits per heavy atom. The van der Waals surface area contributed by atoms with E-state index in [1.807, 2.05) is 19.1 Å². The van der Waals surface area contributed by atoms with Gasteiger partial charge in [0.15, 0.2) is 5.82 Å². The number of hydrogen-bond acceptors (Lipinski definition) is 6. The highest BCUT2D eigenvalue weighted by Crippen LogP contribution is 2.58. The van der Waals surface area contributed by atoms with Crippen molar-refractivity contribution in [3.63, 3.8) is 0 Å². The van der Waals surface area contributed by atoms with E-state index in [1.54, 1.807) is 7.11 Å². The predicted molar refractivity (Wildman–Crippen MR) is 132 cm³/mol. The van der Waals surface area contributed by atoms with Crippen LogP contribution in [0, 0.1) is 24.7 Å². The first-order valence-electron chi connectivity index (χ1n) is 13.5. The second-order valence-corrected chi connectivity index (χ2v) is 11.8. The zero-order chi connectivity index (χ0) is 24.0. The molecule has 5 aliphatic carbocycles. The van der Waals surface area contributed by atoms with Crippen molar-refractivity contribution < 1.29 is 14.1 Å². The summed E-state index contributed by atoms with van der Waals surface area (Å²) in [6, 6.07) is 8.20. The van der Waals surface area contributed by atoms with E-state index in [2.05, 4.69) is 32.5 Å². The van der Waals surface area contributed by atoms with Crippen LogP contribution in [-0.2, 0) is 16.9 Å². The van der Waals surface area contributed by atoms with Crippen molar-refractivity contribution in [3.05, 3.63) is 41.5 Å². The molecule has 0 radical (unpaired) electrons. The summed E-state index contributed by atoms with van der Waals surface area (Å²) in [6.45, 7) is 2.77. The zero-order valence-corrected chi connectivity index (χ0v) is 21.1. The molecule has 7 rings (SSSR count). The van der Waals surface area contributed by atoms with Gasteiger partial charge in [-0.2, -0.15) is 4.98 Å². The van der Waals surface area contributed by atoms with Gasteiger partial charge in [-0.1, -0.05) is 30.1 Å². The second kappa shape index (κ2) is 8.91. The molecule has 4 bridgehead atoms. The van der Waals surface area contributed by atoms with Crippen LogP contribution < -0.4 is 10.1 Å². The van der Waals surface area contributed by atoms with Crippen LogP contribution in [0.5, 0.6) is 5.75 Å². The molecule has 7 heteroatoms. The molecule has 35 heavy (non-hydrogen) atoms. The van der Waals surface area contributed by atoms with E-state index >= 15 is 0 Å². The molecule has 0 spiro atoms. The van der Waals surface area contributed by atoms with Gasteiger partial charge < -0.3 is 14.2 Å². The second-order valence-electron chi connectivity index (χ2n) is 11.8. The lowest BCUT2D eigenvalue weighted by Gasteiger charge is -2.60. The summed E-state index contributed by atoms with van der Waals surface area (Å²) in [5.41, 5.74) is 0.761. The molecule has 5 fully saturated rings. The highest BCUT2D eigenvalue weighted by molar-refractivity contribution is 5.79. The molecule has 2 aromatic rings. The van der Waals surface area contributed by atoms with Crippen molar-refractivity contribution in [2.24, 2.45) is 17.8 Å². The van der Waals surface area contributed by atoms with Crippen molar-refractivity contribution in [1.82, 2.24) is 20.4 Å². The summed E-state index contributed by atoms with van der Waals surface area (Å²) >= 11 is 0. The van der Waals surface area contributed by atoms with Crippen LogP contribution in [0.15, 0.2) is 28.8 Å². The van der Waals surface area contributed by atoms with Crippen LogP contribution in [0.1, 0.15) is 81.5 Å². The minimum absolute atomic E-state index is 0.0117. The summed E-state index contributed by atoms with van der Waals surface area (Å²) < 4.78 is 10.8. The highest BCUT2D eigenvalue weighted by atomic mass is 16.5. The Kier molecular flexibility index (Phi) is 5.86. The van der Waals surface area contributed by atoms with Crippen LogP contribution in [0.4, 0.5) is 0 Å². The summed E-state index contributed by atoms with van der Waals surface area (Å²) in [4.78, 5) is 20.9. The number of benzene rings is 1. The molecule has 1 N–H and O–H groups in total. The lowest BCUT2D eigenvalue weighted by atomic mass is 9.52. The minimum Gasteiger partial charge on any atom is -0.497 e. The number of rotatable bonds is 8. The van der Waals surface area contributed by atoms with Crippen molar-refractivity contribution >= 4 is 5.91 Å². The standard InChI is InChI=1S/C28H38N4O3/c1-19-30-26(31-35-19)28(8-3-4-9-28)29-17-25(33)32(18-20-6-5-7-24(13-20)34-2)27-14-21-10-22(15-27)12-23(11-21)16-27/h5-7,13,21-23,29H,3-4,8-12,14-18H2,1-2H3. The predicted octanol–water partition coefficient (Wildman–Crippen LogP) is 4.74. The van der Waals surface area contributed by atoms with E-state index in [1.165, 1.54) is 19.3 Å². The molecule has 5 saturated carbocycles. The first-order valence-corrected chi connectivity index (χ1v) is 13.5. The largest absolute Gasteiger partial charge is 0.497 e. The third kappa shape index (κ3) is 4.26. The van der Waals surface area contributed by atoms with Gasteiger partial charge in [-0.3, -0.25) is 10.1 Å². The summed E-state index contributed by atoms with van der Waals surface area (Å²) in [6.07, 6.45) is 11.6. The van der Waals surface area contributed by atoms with E-state index < -0.39 is 0 Å². The lowest BCUT2D eigenvalue weighted by Crippen LogP contribution is -2.62. The zero-order valence-electron chi connectivity index (χ0n) is 21.1. The normalized spacial score (nSPS) is 30.5. The van der Waals surface area contributed by atoms with E-state index in [9.17, 15) is 4.79 Å². The molecule has 5 aliphatic rings. The van der Waals surface area contributed by atoms with E-state index in [0.717, 1.165) is 74.0 Å². The van der Waals surface area contributed by atoms with Gasteiger partial charge in [0.1, 0.15) is 5.75 Å². The van der Waals surface area contributed by atoms with Gasteiger partial charge in [-0.25, -0.2) is 0 Å². The van der Waals surface area contributed by atoms with Crippen LogP contribution in [0.2, 0.25) is 0 Å². The number of aromatic nitrogens is 2. The van der Waals surface area contributed by atoms with Gasteiger partial charge in [-0.15, -0.1) is 0 Å². The first kappa shape index (κ1) is 23.0. The molecule has 7 nitrogen and oxygen atoms in total. The molecule has 1 amide bonds. The van der Waals surface area contributed by atoms with E-state index in [4.69, 9.17) is 9.26 Å². The highest BCUT2D eigenvalue weighted by Gasteiger charge is 2.54. The average molecular weight is 479 g/mol. The topological polar surface area (TPSA) is 80.5 Å². The number of amides is 1. The van der Waals surface area contributed by atoms with Crippen molar-refractivity contribution in [2.45, 2.75) is 88.8 Å². The summed E-state index contributed by atoms with van der Waals surface area (Å²) in [5.74, 6) is 4.65. The number of carbonyl (C=O) groups is 1. The Morgan fingerprint density at radius 3 is 2.43 bits per heavy atom. The molecule has 0 unspecified atom stereocenters. The molecule has 1 heterocycles. The lowest BCUT2D eigenvalue weighted by molar-refractivity contribution is -0.151. The number of ether oxygens (including phenoxy) is 1. The minimum atomic E-state index is -0.365. The smallest absolute Gasteiger partial charge is 0.237 e. The van der Waals surface area contributed by atoms with Crippen LogP contribution >= 0.6 is 0 Å². The number of nitrogens with one attached hydrogen (secondary N) is 1. The molecule has 1 aromatic carbocycles. The Balaban J connectivity index is 1.27. The molecule has 0 saturated heterocycles. The maximum atomic E-state index is 14.1. The van der Waals surface area contributed by atoms with Gasteiger partial charge in [0.05, 0.1) is 19.2 Å². The molecule has 0 atom stereocenters. The van der Waals surface area contributed by atoms with Crippen LogP contribution in [0.25, 0.3) is 0 Å². The van der Waals surface area contributed by atoms with Gasteiger partial charge in [-0.05, 0) is 86.8 Å². The maximum Gasteiger partial charge on any atom is 0.237 e. The van der Waals surface area contributed by atoms with Crippen LogP contribution in [0.3, 0.4) is 0 Å². The van der Waals surface area contributed by atoms with Crippen molar-refractivity contribution in [1.29, 1.82) is 0 Å². The summed E-state index contributed by atoms with van der Waals surface area (Å²) in [5, 5.41) is 7.89. The van der Waals surface area contributed by atoms with Gasteiger partial charge in [0.2, 0.25) is 11.8 Å². The average Bonchev–Trinajstić information content (AvgIpc) is 3.50. The first-order chi connectivity index (χ1) is 17.0. The Morgan fingerprint density at radius 1 is 1.14 bits per heavy atom. The van der Waals surface area contributed by atoms with Gasteiger partial charge >= 0.3 is 0 Å². The third-order valence-electron chi connectivity index (χ3n) is 9.35. The fourth-order valence-electron chi connectivity index (χ4n) is 8.16. The number of aryl methyl sites for hydroxylation is 1. The Bertz CT molecular complexity index is 1040. The molecule has 188 valence electrons. The maximum absolute atomic E-state index is 14.1. The fraction of sp³-hybridized carbons (Fsp3) is 0.679. The quantitative estimate of drug-likeness (QED) is 0.590. The van der Waals surface area contributed by atoms with E-state index in [0.29, 0.717) is 24.8 Å². The Labute approximate surface area is 208 Å². The number of carbonyl (C=O) groups excluding carboxylic acids is 1. The monoisotopic (exact) mass is 478 g/mol. The SMILES string of the molecule is COc1cccc(CN(C(=O)CNC2(c3noc(C)n3)CCCC2)C23CC4CC(CC(C4)C2)C3)c1. The number of methoxy groups -OCH3 is 1. The van der Waals surface area contributed by atoms with Gasteiger partial charge in [0.25, 0.3) is 0 Å². The number of hydrogen-bond donors (Lipinski definition) is 1. The van der Waals surface area contributed by atoms with Gasteiger partial charge in [0, 0.05) is 19.0 Å². The summed E-state index contributed by atoms with van der Waals surface area (Å²) in [7, 11) is 1.70. The van der Waals surface area contributed by atoms with E-state index in [-0.39, 0.29) is 17.0 Å². The molecular weight excluding hydrogens is 440 g/mol. The molecular formula is C28H38N4O3. The number of nitrogens with zero attached hydrogens (tertiary/aromatic N) is 3.